The highest BCUT2D eigenvalue weighted by Crippen LogP contribution is 2.60. The van der Waals surface area contributed by atoms with E-state index < -0.39 is 6.09 Å². The van der Waals surface area contributed by atoms with E-state index in [2.05, 4.69) is 15.6 Å². The molecule has 0 radical (unpaired) electrons. The molecule has 1 aromatic heterocycles. The minimum absolute atomic E-state index is 0.202. The molecule has 136 valence electrons. The first-order valence-electron chi connectivity index (χ1n) is 9.08. The number of ether oxygens (including phenoxy) is 1. The van der Waals surface area contributed by atoms with Crippen LogP contribution < -0.4 is 10.6 Å². The lowest BCUT2D eigenvalue weighted by Crippen LogP contribution is -2.86. The molecule has 0 spiro atoms. The number of hydrogen-bond donors (Lipinski definition) is 2. The number of pyridine rings is 1. The zero-order valence-corrected chi connectivity index (χ0v) is 14.5. The van der Waals surface area contributed by atoms with Crippen LogP contribution in [-0.2, 0) is 16.8 Å². The van der Waals surface area contributed by atoms with Crippen molar-refractivity contribution in [3.05, 3.63) is 65.7 Å². The molecule has 2 heterocycles. The number of amides is 1. The fourth-order valence-electron chi connectivity index (χ4n) is 4.41. The van der Waals surface area contributed by atoms with E-state index in [1.807, 2.05) is 30.3 Å². The summed E-state index contributed by atoms with van der Waals surface area (Å²) >= 11 is 0. The van der Waals surface area contributed by atoms with Gasteiger partial charge in [-0.15, -0.1) is 0 Å². The highest BCUT2D eigenvalue weighted by atomic mass is 19.1. The number of carbonyl (C=O) groups excluding carboxylic acids is 1. The fraction of sp³-hybridized carbons (Fsp3) is 0.400. The molecule has 1 aromatic carbocycles. The summed E-state index contributed by atoms with van der Waals surface area (Å²) in [5.74, 6) is 0.609. The van der Waals surface area contributed by atoms with E-state index in [0.717, 1.165) is 30.8 Å². The molecule has 5 nitrogen and oxygen atoms in total. The molecule has 4 rings (SSSR count). The SMILES string of the molecule is O=C(NCC1(c2ccc(F)cn2)C2CC[NH2+]CC21)OCc1ccccc1. The van der Waals surface area contributed by atoms with Gasteiger partial charge in [0.1, 0.15) is 12.4 Å². The van der Waals surface area contributed by atoms with E-state index in [1.54, 1.807) is 6.07 Å². The Morgan fingerprint density at radius 1 is 1.27 bits per heavy atom. The normalized spacial score (nSPS) is 26.7. The number of hydrogen-bond acceptors (Lipinski definition) is 3. The number of aromatic nitrogens is 1. The van der Waals surface area contributed by atoms with E-state index in [1.165, 1.54) is 12.3 Å². The zero-order chi connectivity index (χ0) is 18.0. The lowest BCUT2D eigenvalue weighted by Gasteiger charge is -2.18. The predicted molar refractivity (Wildman–Crippen MR) is 93.8 cm³/mol. The molecule has 1 aliphatic carbocycles. The monoisotopic (exact) mass is 356 g/mol. The maximum Gasteiger partial charge on any atom is 0.407 e. The summed E-state index contributed by atoms with van der Waals surface area (Å²) in [5, 5.41) is 5.22. The van der Waals surface area contributed by atoms with Crippen molar-refractivity contribution in [2.45, 2.75) is 18.4 Å². The smallest absolute Gasteiger partial charge is 0.407 e. The van der Waals surface area contributed by atoms with Gasteiger partial charge in [-0.25, -0.2) is 9.18 Å². The molecule has 1 saturated carbocycles. The maximum atomic E-state index is 13.3. The average Bonchev–Trinajstić information content (AvgIpc) is 3.35. The van der Waals surface area contributed by atoms with E-state index in [-0.39, 0.29) is 17.8 Å². The second-order valence-corrected chi connectivity index (χ2v) is 7.13. The van der Waals surface area contributed by atoms with Gasteiger partial charge in [-0.1, -0.05) is 30.3 Å². The van der Waals surface area contributed by atoms with Gasteiger partial charge in [-0.05, 0) is 23.6 Å². The number of fused-ring (bicyclic) bond motifs is 1. The van der Waals surface area contributed by atoms with Crippen molar-refractivity contribution >= 4 is 6.09 Å². The lowest BCUT2D eigenvalue weighted by atomic mass is 9.95. The molecule has 2 fully saturated rings. The van der Waals surface area contributed by atoms with Gasteiger partial charge >= 0.3 is 6.09 Å². The largest absolute Gasteiger partial charge is 0.445 e. The topological polar surface area (TPSA) is 67.8 Å². The van der Waals surface area contributed by atoms with E-state index in [0.29, 0.717) is 18.4 Å². The number of nitrogens with one attached hydrogen (secondary N) is 1. The van der Waals surface area contributed by atoms with Crippen LogP contribution in [0, 0.1) is 17.7 Å². The third-order valence-corrected chi connectivity index (χ3v) is 5.74. The second-order valence-electron chi connectivity index (χ2n) is 7.13. The van der Waals surface area contributed by atoms with Crippen LogP contribution in [0.5, 0.6) is 0 Å². The molecule has 1 amide bonds. The Labute approximate surface area is 152 Å². The Bertz CT molecular complexity index is 754. The molecule has 26 heavy (non-hydrogen) atoms. The van der Waals surface area contributed by atoms with Gasteiger partial charge in [0.15, 0.2) is 0 Å². The number of nitrogens with two attached hydrogens (primary N) is 1. The van der Waals surface area contributed by atoms with Gasteiger partial charge in [0.05, 0.1) is 19.3 Å². The minimum atomic E-state index is -0.428. The third-order valence-electron chi connectivity index (χ3n) is 5.74. The minimum Gasteiger partial charge on any atom is -0.445 e. The van der Waals surface area contributed by atoms with Crippen LogP contribution >= 0.6 is 0 Å². The Morgan fingerprint density at radius 3 is 2.81 bits per heavy atom. The lowest BCUT2D eigenvalue weighted by molar-refractivity contribution is -0.664. The van der Waals surface area contributed by atoms with Crippen LogP contribution in [0.25, 0.3) is 0 Å². The summed E-state index contributed by atoms with van der Waals surface area (Å²) < 4.78 is 18.6. The summed E-state index contributed by atoms with van der Waals surface area (Å²) in [6, 6.07) is 12.8. The highest BCUT2D eigenvalue weighted by molar-refractivity contribution is 5.67. The van der Waals surface area contributed by atoms with Gasteiger partial charge in [0, 0.05) is 30.0 Å². The summed E-state index contributed by atoms with van der Waals surface area (Å²) in [5.41, 5.74) is 1.62. The second kappa shape index (κ2) is 7.03. The van der Waals surface area contributed by atoms with E-state index >= 15 is 0 Å². The quantitative estimate of drug-likeness (QED) is 0.855. The molecule has 3 unspecified atom stereocenters. The molecule has 6 heteroatoms. The molecule has 2 aromatic rings. The Kier molecular flexibility index (Phi) is 4.59. The van der Waals surface area contributed by atoms with Crippen LogP contribution in [0.1, 0.15) is 17.7 Å². The van der Waals surface area contributed by atoms with Crippen molar-refractivity contribution in [2.75, 3.05) is 19.6 Å². The van der Waals surface area contributed by atoms with Crippen molar-refractivity contribution in [3.63, 3.8) is 0 Å². The first kappa shape index (κ1) is 17.0. The van der Waals surface area contributed by atoms with Crippen molar-refractivity contribution in [1.29, 1.82) is 0 Å². The van der Waals surface area contributed by atoms with Crippen molar-refractivity contribution in [3.8, 4) is 0 Å². The number of benzene rings is 1. The number of quaternary nitrogens is 1. The number of alkyl carbamates (subject to hydrolysis) is 1. The Balaban J connectivity index is 1.41. The zero-order valence-electron chi connectivity index (χ0n) is 14.5. The van der Waals surface area contributed by atoms with Gasteiger partial charge in [-0.3, -0.25) is 4.98 Å². The highest BCUT2D eigenvalue weighted by Gasteiger charge is 2.67. The molecule has 2 aliphatic rings. The van der Waals surface area contributed by atoms with Crippen molar-refractivity contribution < 1.29 is 19.2 Å². The fourth-order valence-corrected chi connectivity index (χ4v) is 4.41. The van der Waals surface area contributed by atoms with E-state index in [9.17, 15) is 9.18 Å². The maximum absolute atomic E-state index is 13.3. The average molecular weight is 356 g/mol. The molecular weight excluding hydrogens is 333 g/mol. The molecule has 1 saturated heterocycles. The summed E-state index contributed by atoms with van der Waals surface area (Å²) in [7, 11) is 0. The standard InChI is InChI=1S/C20H22FN3O2/c21-15-6-7-18(23-10-15)20(16-8-9-22-11-17(16)20)13-24-19(25)26-12-14-4-2-1-3-5-14/h1-7,10,16-17,22H,8-9,11-13H2,(H,24,25)/p+1. The van der Waals surface area contributed by atoms with Crippen molar-refractivity contribution in [2.24, 2.45) is 11.8 Å². The molecule has 1 aliphatic heterocycles. The van der Waals surface area contributed by atoms with Crippen LogP contribution in [0.2, 0.25) is 0 Å². The Morgan fingerprint density at radius 2 is 2.12 bits per heavy atom. The predicted octanol–water partition coefficient (Wildman–Crippen LogP) is 1.60. The number of rotatable bonds is 5. The van der Waals surface area contributed by atoms with Crippen LogP contribution in [0.15, 0.2) is 48.7 Å². The van der Waals surface area contributed by atoms with Crippen molar-refractivity contribution in [1.82, 2.24) is 10.3 Å². The Hall–Kier alpha value is -2.47. The number of carbonyl (C=O) groups is 1. The first-order valence-corrected chi connectivity index (χ1v) is 9.08. The van der Waals surface area contributed by atoms with Crippen LogP contribution in [-0.4, -0.2) is 30.7 Å². The third kappa shape index (κ3) is 3.17. The van der Waals surface area contributed by atoms with Gasteiger partial charge in [-0.2, -0.15) is 0 Å². The molecule has 0 bridgehead atoms. The number of piperidine rings is 1. The molecule has 3 N–H and O–H groups in total. The molecular formula is C20H23FN3O2+. The van der Waals surface area contributed by atoms with Crippen LogP contribution in [0.4, 0.5) is 9.18 Å². The summed E-state index contributed by atoms with van der Waals surface area (Å²) in [6.45, 7) is 2.82. The summed E-state index contributed by atoms with van der Waals surface area (Å²) in [4.78, 5) is 16.5. The summed E-state index contributed by atoms with van der Waals surface area (Å²) in [6.07, 6.45) is 1.92. The van der Waals surface area contributed by atoms with Gasteiger partial charge < -0.3 is 15.4 Å². The van der Waals surface area contributed by atoms with E-state index in [4.69, 9.17) is 4.74 Å². The number of nitrogens with zero attached hydrogens (tertiary/aromatic N) is 1. The van der Waals surface area contributed by atoms with Gasteiger partial charge in [0.2, 0.25) is 0 Å². The van der Waals surface area contributed by atoms with Gasteiger partial charge in [0.25, 0.3) is 0 Å². The first-order chi connectivity index (χ1) is 12.7. The molecule has 3 atom stereocenters. The number of halogens is 1. The van der Waals surface area contributed by atoms with Crippen LogP contribution in [0.3, 0.4) is 0 Å².